The van der Waals surface area contributed by atoms with Crippen LogP contribution in [0.4, 0.5) is 0 Å². The number of hydrogen-bond donors (Lipinski definition) is 0. The molecule has 0 saturated carbocycles. The summed E-state index contributed by atoms with van der Waals surface area (Å²) in [6, 6.07) is 16.4. The van der Waals surface area contributed by atoms with Crippen LogP contribution in [-0.2, 0) is 10.1 Å². The van der Waals surface area contributed by atoms with Gasteiger partial charge in [0.2, 0.25) is 0 Å². The molecule has 6 nitrogen and oxygen atoms in total. The summed E-state index contributed by atoms with van der Waals surface area (Å²) in [5.41, 5.74) is 2.29. The number of benzene rings is 3. The molecule has 0 N–H and O–H groups in total. The fraction of sp³-hybridized carbons (Fsp3) is 0.0435. The predicted molar refractivity (Wildman–Crippen MR) is 131 cm³/mol. The van der Waals surface area contributed by atoms with Gasteiger partial charge in [-0.15, -0.1) is 0 Å². The Hall–Kier alpha value is -2.91. The molecule has 166 valence electrons. The molecule has 0 atom stereocenters. The van der Waals surface area contributed by atoms with E-state index in [0.717, 1.165) is 5.56 Å². The third-order valence-electron chi connectivity index (χ3n) is 4.97. The normalized spacial score (nSPS) is 12.6. The van der Waals surface area contributed by atoms with Gasteiger partial charge in [0.15, 0.2) is 10.7 Å². The zero-order chi connectivity index (χ0) is 23.3. The van der Waals surface area contributed by atoms with Crippen molar-refractivity contribution in [2.24, 2.45) is 0 Å². The lowest BCUT2D eigenvalue weighted by molar-refractivity contribution is 0.485. The molecule has 5 rings (SSSR count). The molecular formula is C23H14Cl2N2O4S2. The standard InChI is InChI=1S/C23H14Cl2N2O4S2/c1-13-6-8-16(9-7-13)33(29,30)31-21-14(10-15(24)12-17(21)25)11-20-22(28)27-19-5-3-2-4-18(19)26-23(27)32-20/h2-12H,1H3. The number of thiazole rings is 1. The lowest BCUT2D eigenvalue weighted by Crippen LogP contribution is -2.22. The van der Waals surface area contributed by atoms with Gasteiger partial charge >= 0.3 is 10.1 Å². The Morgan fingerprint density at radius 1 is 1.06 bits per heavy atom. The number of halogens is 2. The first-order valence-electron chi connectivity index (χ1n) is 9.65. The zero-order valence-corrected chi connectivity index (χ0v) is 20.1. The van der Waals surface area contributed by atoms with Gasteiger partial charge in [0.1, 0.15) is 4.90 Å². The van der Waals surface area contributed by atoms with Gasteiger partial charge in [-0.3, -0.25) is 4.79 Å². The minimum absolute atomic E-state index is 0.00340. The van der Waals surface area contributed by atoms with Crippen molar-refractivity contribution in [3.8, 4) is 5.75 Å². The quantitative estimate of drug-likeness (QED) is 0.319. The van der Waals surface area contributed by atoms with Gasteiger partial charge in [0, 0.05) is 10.6 Å². The van der Waals surface area contributed by atoms with E-state index in [4.69, 9.17) is 27.4 Å². The second-order valence-corrected chi connectivity index (χ2v) is 10.7. The van der Waals surface area contributed by atoms with E-state index in [1.807, 2.05) is 31.2 Å². The summed E-state index contributed by atoms with van der Waals surface area (Å²) in [4.78, 5) is 18.1. The monoisotopic (exact) mass is 516 g/mol. The van der Waals surface area contributed by atoms with Crippen LogP contribution in [0.5, 0.6) is 5.75 Å². The molecule has 0 aliphatic heterocycles. The number of aryl methyl sites for hydroxylation is 1. The third kappa shape index (κ3) is 4.00. The third-order valence-corrected chi connectivity index (χ3v) is 7.67. The van der Waals surface area contributed by atoms with Gasteiger partial charge in [0.05, 0.1) is 20.6 Å². The molecule has 0 bridgehead atoms. The Kier molecular flexibility index (Phi) is 5.41. The van der Waals surface area contributed by atoms with Gasteiger partial charge in [-0.1, -0.05) is 64.4 Å². The summed E-state index contributed by atoms with van der Waals surface area (Å²) in [5, 5.41) is 0.272. The van der Waals surface area contributed by atoms with Gasteiger partial charge in [-0.2, -0.15) is 8.42 Å². The molecule has 3 aromatic carbocycles. The van der Waals surface area contributed by atoms with Crippen molar-refractivity contribution >= 4 is 66.7 Å². The van der Waals surface area contributed by atoms with Crippen LogP contribution in [0.25, 0.3) is 22.1 Å². The first kappa shape index (κ1) is 21.9. The van der Waals surface area contributed by atoms with Crippen molar-refractivity contribution in [1.29, 1.82) is 0 Å². The molecule has 10 heteroatoms. The number of nitrogens with zero attached hydrogens (tertiary/aromatic N) is 2. The van der Waals surface area contributed by atoms with Gasteiger partial charge in [0.25, 0.3) is 5.56 Å². The number of fused-ring (bicyclic) bond motifs is 3. The summed E-state index contributed by atoms with van der Waals surface area (Å²) < 4.78 is 33.0. The van der Waals surface area contributed by atoms with Crippen LogP contribution < -0.4 is 14.3 Å². The van der Waals surface area contributed by atoms with Crippen molar-refractivity contribution in [2.45, 2.75) is 11.8 Å². The maximum Gasteiger partial charge on any atom is 0.339 e. The average molecular weight is 517 g/mol. The number of aromatic nitrogens is 2. The smallest absolute Gasteiger partial charge is 0.339 e. The zero-order valence-electron chi connectivity index (χ0n) is 17.0. The van der Waals surface area contributed by atoms with E-state index in [1.54, 1.807) is 12.1 Å². The first-order chi connectivity index (χ1) is 15.7. The fourth-order valence-corrected chi connectivity index (χ4v) is 5.93. The Bertz CT molecular complexity index is 1760. The van der Waals surface area contributed by atoms with E-state index in [9.17, 15) is 13.2 Å². The van der Waals surface area contributed by atoms with Gasteiger partial charge in [-0.05, 0) is 49.4 Å². The Balaban J connectivity index is 1.67. The summed E-state index contributed by atoms with van der Waals surface area (Å²) in [6.45, 7) is 1.85. The number of imidazole rings is 1. The lowest BCUT2D eigenvalue weighted by atomic mass is 10.2. The molecule has 0 fully saturated rings. The van der Waals surface area contributed by atoms with Crippen molar-refractivity contribution in [3.05, 3.63) is 96.7 Å². The highest BCUT2D eigenvalue weighted by Gasteiger charge is 2.21. The highest BCUT2D eigenvalue weighted by molar-refractivity contribution is 7.87. The molecule has 2 aromatic heterocycles. The molecule has 0 spiro atoms. The maximum atomic E-state index is 13.1. The van der Waals surface area contributed by atoms with E-state index in [-0.39, 0.29) is 31.8 Å². The summed E-state index contributed by atoms with van der Waals surface area (Å²) >= 11 is 13.7. The minimum Gasteiger partial charge on any atom is -0.377 e. The highest BCUT2D eigenvalue weighted by Crippen LogP contribution is 2.35. The second-order valence-electron chi connectivity index (χ2n) is 7.29. The molecule has 0 amide bonds. The number of rotatable bonds is 4. The van der Waals surface area contributed by atoms with Gasteiger partial charge in [-0.25, -0.2) is 9.38 Å². The Morgan fingerprint density at radius 2 is 1.79 bits per heavy atom. The number of para-hydroxylation sites is 2. The highest BCUT2D eigenvalue weighted by atomic mass is 35.5. The largest absolute Gasteiger partial charge is 0.377 e. The van der Waals surface area contributed by atoms with Crippen LogP contribution in [-0.4, -0.2) is 17.8 Å². The van der Waals surface area contributed by atoms with Crippen LogP contribution in [0.2, 0.25) is 10.0 Å². The van der Waals surface area contributed by atoms with Gasteiger partial charge < -0.3 is 4.18 Å². The van der Waals surface area contributed by atoms with Crippen LogP contribution >= 0.6 is 34.5 Å². The molecule has 0 saturated heterocycles. The van der Waals surface area contributed by atoms with Crippen molar-refractivity contribution in [3.63, 3.8) is 0 Å². The Morgan fingerprint density at radius 3 is 2.55 bits per heavy atom. The SMILES string of the molecule is Cc1ccc(S(=O)(=O)Oc2c(Cl)cc(Cl)cc2C=c2sc3nc4ccccc4n3c2=O)cc1. The number of hydrogen-bond acceptors (Lipinski definition) is 6. The Labute approximate surface area is 202 Å². The molecule has 2 heterocycles. The van der Waals surface area contributed by atoms with Crippen LogP contribution in [0.1, 0.15) is 11.1 Å². The molecule has 33 heavy (non-hydrogen) atoms. The average Bonchev–Trinajstić information content (AvgIpc) is 3.27. The van der Waals surface area contributed by atoms with Crippen LogP contribution in [0.3, 0.4) is 0 Å². The first-order valence-corrected chi connectivity index (χ1v) is 12.6. The fourth-order valence-electron chi connectivity index (χ4n) is 3.39. The molecule has 5 aromatic rings. The molecular weight excluding hydrogens is 503 g/mol. The molecule has 0 radical (unpaired) electrons. The van der Waals surface area contributed by atoms with E-state index >= 15 is 0 Å². The topological polar surface area (TPSA) is 77.7 Å². The molecule has 0 aliphatic carbocycles. The molecule has 0 unspecified atom stereocenters. The van der Waals surface area contributed by atoms with Crippen molar-refractivity contribution in [2.75, 3.05) is 0 Å². The summed E-state index contributed by atoms with van der Waals surface area (Å²) in [7, 11) is -4.17. The lowest BCUT2D eigenvalue weighted by Gasteiger charge is -2.12. The maximum absolute atomic E-state index is 13.1. The van der Waals surface area contributed by atoms with Crippen molar-refractivity contribution < 1.29 is 12.6 Å². The van der Waals surface area contributed by atoms with E-state index < -0.39 is 10.1 Å². The molecule has 0 aliphatic rings. The van der Waals surface area contributed by atoms with E-state index in [1.165, 1.54) is 46.1 Å². The summed E-state index contributed by atoms with van der Waals surface area (Å²) in [6.07, 6.45) is 1.51. The van der Waals surface area contributed by atoms with E-state index in [2.05, 4.69) is 4.98 Å². The minimum atomic E-state index is -4.17. The summed E-state index contributed by atoms with van der Waals surface area (Å²) in [5.74, 6) is -0.114. The van der Waals surface area contributed by atoms with Crippen LogP contribution in [0.15, 0.2) is 70.4 Å². The van der Waals surface area contributed by atoms with Crippen LogP contribution in [0, 0.1) is 6.92 Å². The second kappa shape index (κ2) is 8.14. The van der Waals surface area contributed by atoms with E-state index in [0.29, 0.717) is 20.5 Å². The predicted octanol–water partition coefficient (Wildman–Crippen LogP) is 4.84. The van der Waals surface area contributed by atoms with Crippen molar-refractivity contribution in [1.82, 2.24) is 9.38 Å².